The van der Waals surface area contributed by atoms with Gasteiger partial charge in [-0.2, -0.15) is 4.73 Å². The third-order valence-corrected chi connectivity index (χ3v) is 8.64. The zero-order chi connectivity index (χ0) is 15.7. The first kappa shape index (κ1) is 16.9. The maximum absolute atomic E-state index is 11.8. The van der Waals surface area contributed by atoms with E-state index in [1.807, 2.05) is 0 Å². The van der Waals surface area contributed by atoms with Crippen LogP contribution in [0.2, 0.25) is 23.2 Å². The van der Waals surface area contributed by atoms with Gasteiger partial charge in [-0.3, -0.25) is 0 Å². The van der Waals surface area contributed by atoms with E-state index in [1.54, 1.807) is 0 Å². The predicted molar refractivity (Wildman–Crippen MR) is 79.4 cm³/mol. The molecule has 1 heterocycles. The van der Waals surface area contributed by atoms with Crippen molar-refractivity contribution < 1.29 is 19.1 Å². The molecular weight excluding hydrogens is 298 g/mol. The van der Waals surface area contributed by atoms with E-state index in [4.69, 9.17) is 21.1 Å². The molecule has 0 spiro atoms. The number of nitrogens with zero attached hydrogens (tertiary/aromatic N) is 1. The standard InChI is InChI=1S/C13H20ClNO4Si/c1-13(2,3)20(4,5)19-8-10-11(14)9(12(16)17)6-7-15(10)18/h6-7H,8H2,1-5H3,(H,16,17). The van der Waals surface area contributed by atoms with E-state index in [1.165, 1.54) is 6.07 Å². The van der Waals surface area contributed by atoms with Crippen LogP contribution in [0.25, 0.3) is 0 Å². The van der Waals surface area contributed by atoms with Crippen LogP contribution >= 0.6 is 11.6 Å². The summed E-state index contributed by atoms with van der Waals surface area (Å²) in [5.74, 6) is -1.16. The summed E-state index contributed by atoms with van der Waals surface area (Å²) in [4.78, 5) is 11.0. The van der Waals surface area contributed by atoms with Crippen LogP contribution in [0.5, 0.6) is 0 Å². The van der Waals surface area contributed by atoms with Crippen molar-refractivity contribution in [2.75, 3.05) is 0 Å². The van der Waals surface area contributed by atoms with E-state index in [0.29, 0.717) is 4.73 Å². The van der Waals surface area contributed by atoms with Gasteiger partial charge in [0, 0.05) is 6.07 Å². The van der Waals surface area contributed by atoms with Crippen molar-refractivity contribution in [3.63, 3.8) is 0 Å². The second-order valence-corrected chi connectivity index (χ2v) is 11.4. The third-order valence-electron chi connectivity index (χ3n) is 3.74. The summed E-state index contributed by atoms with van der Waals surface area (Å²) in [6.45, 7) is 10.4. The number of aromatic nitrogens is 1. The molecular formula is C13H20ClNO4Si. The molecule has 0 saturated heterocycles. The van der Waals surface area contributed by atoms with Gasteiger partial charge >= 0.3 is 5.97 Å². The van der Waals surface area contributed by atoms with Gasteiger partial charge in [0.25, 0.3) is 0 Å². The van der Waals surface area contributed by atoms with Crippen LogP contribution in [0, 0.1) is 5.21 Å². The SMILES string of the molecule is CC(C)(C)[Si](C)(C)OCc1c(Cl)c(C(=O)O)cc[n+]1[O-]. The molecule has 0 aliphatic carbocycles. The van der Waals surface area contributed by atoms with Gasteiger partial charge in [-0.25, -0.2) is 4.79 Å². The second-order valence-electron chi connectivity index (χ2n) is 6.17. The lowest BCUT2D eigenvalue weighted by atomic mass is 10.2. The summed E-state index contributed by atoms with van der Waals surface area (Å²) in [5, 5.41) is 20.7. The van der Waals surface area contributed by atoms with Crippen molar-refractivity contribution in [2.45, 2.75) is 45.5 Å². The average Bonchev–Trinajstić information content (AvgIpc) is 2.26. The zero-order valence-corrected chi connectivity index (χ0v) is 14.1. The number of rotatable bonds is 4. The minimum Gasteiger partial charge on any atom is -0.618 e. The Morgan fingerprint density at radius 1 is 1.50 bits per heavy atom. The highest BCUT2D eigenvalue weighted by molar-refractivity contribution is 6.74. The Kier molecular flexibility index (Phi) is 4.84. The lowest BCUT2D eigenvalue weighted by molar-refractivity contribution is -0.616. The van der Waals surface area contributed by atoms with Crippen LogP contribution in [-0.4, -0.2) is 19.4 Å². The van der Waals surface area contributed by atoms with Crippen molar-refractivity contribution in [3.05, 3.63) is 33.8 Å². The number of aromatic carboxylic acids is 1. The van der Waals surface area contributed by atoms with Gasteiger partial charge < -0.3 is 14.7 Å². The average molecular weight is 318 g/mol. The molecule has 0 amide bonds. The van der Waals surface area contributed by atoms with Gasteiger partial charge in [0.15, 0.2) is 14.5 Å². The third kappa shape index (κ3) is 3.50. The second kappa shape index (κ2) is 5.71. The monoisotopic (exact) mass is 317 g/mol. The molecule has 0 saturated carbocycles. The van der Waals surface area contributed by atoms with Crippen molar-refractivity contribution in [1.82, 2.24) is 0 Å². The molecule has 112 valence electrons. The van der Waals surface area contributed by atoms with E-state index in [-0.39, 0.29) is 27.9 Å². The van der Waals surface area contributed by atoms with Crippen molar-refractivity contribution in [1.29, 1.82) is 0 Å². The van der Waals surface area contributed by atoms with Gasteiger partial charge in [-0.1, -0.05) is 32.4 Å². The minimum absolute atomic E-state index is 0.00238. The van der Waals surface area contributed by atoms with Crippen LogP contribution in [0.4, 0.5) is 0 Å². The molecule has 20 heavy (non-hydrogen) atoms. The number of halogens is 1. The highest BCUT2D eigenvalue weighted by Crippen LogP contribution is 2.37. The Labute approximate surface area is 124 Å². The summed E-state index contributed by atoms with van der Waals surface area (Å²) in [6, 6.07) is 1.19. The van der Waals surface area contributed by atoms with E-state index in [9.17, 15) is 10.0 Å². The summed E-state index contributed by atoms with van der Waals surface area (Å²) in [7, 11) is -2.04. The van der Waals surface area contributed by atoms with Gasteiger partial charge in [-0.05, 0) is 18.1 Å². The lowest BCUT2D eigenvalue weighted by Gasteiger charge is -2.35. The Hall–Kier alpha value is -1.11. The molecule has 0 unspecified atom stereocenters. The number of carboxylic acid groups (broad SMARTS) is 1. The molecule has 0 radical (unpaired) electrons. The summed E-state index contributed by atoms with van der Waals surface area (Å²) >= 11 is 5.99. The molecule has 0 fully saturated rings. The number of hydrogen-bond acceptors (Lipinski definition) is 3. The number of hydrogen-bond donors (Lipinski definition) is 1. The summed E-state index contributed by atoms with van der Waals surface area (Å²) < 4.78 is 6.47. The Balaban J connectivity index is 3.05. The molecule has 1 aromatic heterocycles. The molecule has 7 heteroatoms. The van der Waals surface area contributed by atoms with Gasteiger partial charge in [0.2, 0.25) is 5.69 Å². The summed E-state index contributed by atoms with van der Waals surface area (Å²) in [5.41, 5.74) is 0.0454. The van der Waals surface area contributed by atoms with Gasteiger partial charge in [-0.15, -0.1) is 0 Å². The summed E-state index contributed by atoms with van der Waals surface area (Å²) in [6.07, 6.45) is 1.14. The maximum atomic E-state index is 11.8. The molecule has 0 bridgehead atoms. The Morgan fingerprint density at radius 3 is 2.50 bits per heavy atom. The molecule has 0 aliphatic heterocycles. The number of carboxylic acids is 1. The Morgan fingerprint density at radius 2 is 2.05 bits per heavy atom. The Bertz CT molecular complexity index is 526. The number of pyridine rings is 1. The van der Waals surface area contributed by atoms with E-state index in [0.717, 1.165) is 6.20 Å². The zero-order valence-electron chi connectivity index (χ0n) is 12.4. The fourth-order valence-corrected chi connectivity index (χ4v) is 2.53. The minimum atomic E-state index is -2.04. The first-order valence-electron chi connectivity index (χ1n) is 6.25. The lowest BCUT2D eigenvalue weighted by Crippen LogP contribution is -2.42. The normalized spacial score (nSPS) is 12.5. The van der Waals surface area contributed by atoms with Crippen molar-refractivity contribution in [3.8, 4) is 0 Å². The molecule has 0 aromatic carbocycles. The largest absolute Gasteiger partial charge is 0.618 e. The molecule has 1 aromatic rings. The van der Waals surface area contributed by atoms with Gasteiger partial charge in [0.05, 0.1) is 5.56 Å². The quantitative estimate of drug-likeness (QED) is 0.526. The van der Waals surface area contributed by atoms with Crippen LogP contribution in [0.3, 0.4) is 0 Å². The van der Waals surface area contributed by atoms with E-state index >= 15 is 0 Å². The van der Waals surface area contributed by atoms with Crippen molar-refractivity contribution in [2.24, 2.45) is 0 Å². The molecule has 1 rings (SSSR count). The van der Waals surface area contributed by atoms with Crippen molar-refractivity contribution >= 4 is 25.9 Å². The fraction of sp³-hybridized carbons (Fsp3) is 0.538. The van der Waals surface area contributed by atoms with E-state index in [2.05, 4.69) is 33.9 Å². The van der Waals surface area contributed by atoms with Crippen LogP contribution in [0.15, 0.2) is 12.3 Å². The first-order chi connectivity index (χ1) is 8.97. The van der Waals surface area contributed by atoms with Crippen LogP contribution < -0.4 is 4.73 Å². The molecule has 0 atom stereocenters. The molecule has 5 nitrogen and oxygen atoms in total. The number of carbonyl (C=O) groups is 1. The highest BCUT2D eigenvalue weighted by Gasteiger charge is 2.38. The first-order valence-corrected chi connectivity index (χ1v) is 9.54. The topological polar surface area (TPSA) is 73.5 Å². The fourth-order valence-electron chi connectivity index (χ4n) is 1.32. The van der Waals surface area contributed by atoms with Crippen LogP contribution in [-0.2, 0) is 11.0 Å². The van der Waals surface area contributed by atoms with E-state index < -0.39 is 14.3 Å². The van der Waals surface area contributed by atoms with Crippen LogP contribution in [0.1, 0.15) is 36.8 Å². The maximum Gasteiger partial charge on any atom is 0.337 e. The molecule has 1 N–H and O–H groups in total. The highest BCUT2D eigenvalue weighted by atomic mass is 35.5. The smallest absolute Gasteiger partial charge is 0.337 e. The van der Waals surface area contributed by atoms with Gasteiger partial charge in [0.1, 0.15) is 11.6 Å². The predicted octanol–water partition coefficient (Wildman–Crippen LogP) is 3.19. The molecule has 0 aliphatic rings.